The topological polar surface area (TPSA) is 40.9 Å². The number of fused-ring (bicyclic) bond motifs is 2. The molecule has 0 bridgehead atoms. The predicted octanol–water partition coefficient (Wildman–Crippen LogP) is 3.19. The van der Waals surface area contributed by atoms with Gasteiger partial charge in [0.2, 0.25) is 0 Å². The van der Waals surface area contributed by atoms with Gasteiger partial charge in [-0.05, 0) is 11.1 Å². The van der Waals surface area contributed by atoms with Crippen molar-refractivity contribution >= 4 is 11.4 Å². The van der Waals surface area contributed by atoms with Gasteiger partial charge in [-0.25, -0.2) is 0 Å². The Morgan fingerprint density at radius 1 is 0.833 bits per heavy atom. The van der Waals surface area contributed by atoms with Gasteiger partial charge in [0.1, 0.15) is 0 Å². The molecule has 0 heterocycles. The van der Waals surface area contributed by atoms with E-state index in [1.165, 1.54) is 6.08 Å². The monoisotopic (exact) mass is 231 g/mol. The summed E-state index contributed by atoms with van der Waals surface area (Å²) in [5.74, 6) is 0.0243. The Morgan fingerprint density at radius 2 is 1.28 bits per heavy atom. The van der Waals surface area contributed by atoms with Crippen LogP contribution in [0.3, 0.4) is 0 Å². The van der Waals surface area contributed by atoms with Crippen LogP contribution in [0.2, 0.25) is 0 Å². The lowest BCUT2D eigenvalue weighted by atomic mass is 9.81. The van der Waals surface area contributed by atoms with Crippen molar-refractivity contribution in [1.29, 1.82) is 5.26 Å². The molecule has 0 amide bonds. The second-order valence-corrected chi connectivity index (χ2v) is 4.11. The van der Waals surface area contributed by atoms with E-state index in [0.717, 1.165) is 16.7 Å². The van der Waals surface area contributed by atoms with E-state index in [4.69, 9.17) is 5.26 Å². The first-order valence-electron chi connectivity index (χ1n) is 5.66. The normalized spacial score (nSPS) is 12.4. The van der Waals surface area contributed by atoms with Crippen LogP contribution in [-0.2, 0) is 0 Å². The van der Waals surface area contributed by atoms with Crippen LogP contribution in [0.15, 0.2) is 54.6 Å². The molecule has 0 N–H and O–H groups in total. The molecule has 2 nitrogen and oxygen atoms in total. The van der Waals surface area contributed by atoms with Gasteiger partial charge in [0.05, 0.1) is 6.07 Å². The van der Waals surface area contributed by atoms with E-state index in [1.54, 1.807) is 12.1 Å². The highest BCUT2D eigenvalue weighted by Gasteiger charge is 2.25. The molecule has 0 spiro atoms. The van der Waals surface area contributed by atoms with Crippen LogP contribution in [0.5, 0.6) is 0 Å². The summed E-state index contributed by atoms with van der Waals surface area (Å²) < 4.78 is 0. The first-order chi connectivity index (χ1) is 8.83. The van der Waals surface area contributed by atoms with Gasteiger partial charge in [-0.3, -0.25) is 4.79 Å². The van der Waals surface area contributed by atoms with E-state index < -0.39 is 0 Å². The summed E-state index contributed by atoms with van der Waals surface area (Å²) in [4.78, 5) is 12.3. The number of ketones is 1. The van der Waals surface area contributed by atoms with Crippen molar-refractivity contribution in [1.82, 2.24) is 0 Å². The van der Waals surface area contributed by atoms with E-state index in [-0.39, 0.29) is 5.78 Å². The number of carbonyl (C=O) groups is 1. The van der Waals surface area contributed by atoms with Crippen LogP contribution >= 0.6 is 0 Å². The van der Waals surface area contributed by atoms with Crippen molar-refractivity contribution in [2.24, 2.45) is 0 Å². The maximum absolute atomic E-state index is 12.3. The molecule has 0 aliphatic heterocycles. The maximum Gasteiger partial charge on any atom is 0.194 e. The Bertz CT molecular complexity index is 668. The lowest BCUT2D eigenvalue weighted by molar-refractivity contribution is 0.103. The van der Waals surface area contributed by atoms with Gasteiger partial charge >= 0.3 is 0 Å². The average Bonchev–Trinajstić information content (AvgIpc) is 2.43. The Morgan fingerprint density at radius 3 is 1.72 bits per heavy atom. The molecule has 2 heteroatoms. The van der Waals surface area contributed by atoms with Crippen molar-refractivity contribution in [3.05, 3.63) is 76.9 Å². The number of rotatable bonds is 0. The van der Waals surface area contributed by atoms with Crippen LogP contribution < -0.4 is 0 Å². The van der Waals surface area contributed by atoms with Crippen LogP contribution in [-0.4, -0.2) is 5.78 Å². The molecule has 2 aromatic rings. The molecule has 84 valence electrons. The second-order valence-electron chi connectivity index (χ2n) is 4.11. The zero-order chi connectivity index (χ0) is 12.5. The first-order valence-corrected chi connectivity index (χ1v) is 5.66. The molecule has 0 fully saturated rings. The third kappa shape index (κ3) is 1.38. The van der Waals surface area contributed by atoms with E-state index in [0.29, 0.717) is 11.1 Å². The van der Waals surface area contributed by atoms with E-state index in [1.807, 2.05) is 36.4 Å². The van der Waals surface area contributed by atoms with Crippen molar-refractivity contribution in [3.8, 4) is 6.07 Å². The predicted molar refractivity (Wildman–Crippen MR) is 69.0 cm³/mol. The lowest BCUT2D eigenvalue weighted by Crippen LogP contribution is -2.14. The minimum atomic E-state index is 0.0243. The summed E-state index contributed by atoms with van der Waals surface area (Å²) in [7, 11) is 0. The summed E-state index contributed by atoms with van der Waals surface area (Å²) in [6.45, 7) is 0. The molecular weight excluding hydrogens is 222 g/mol. The van der Waals surface area contributed by atoms with Crippen molar-refractivity contribution in [3.63, 3.8) is 0 Å². The largest absolute Gasteiger partial charge is 0.289 e. The summed E-state index contributed by atoms with van der Waals surface area (Å²) in [5, 5.41) is 8.92. The van der Waals surface area contributed by atoms with E-state index >= 15 is 0 Å². The minimum Gasteiger partial charge on any atom is -0.289 e. The Hall–Kier alpha value is -2.66. The molecule has 1 aliphatic carbocycles. The Kier molecular flexibility index (Phi) is 2.32. The molecule has 0 radical (unpaired) electrons. The molecule has 1 aliphatic rings. The number of hydrogen-bond acceptors (Lipinski definition) is 2. The zero-order valence-corrected chi connectivity index (χ0v) is 9.55. The number of carbonyl (C=O) groups excluding carboxylic acids is 1. The van der Waals surface area contributed by atoms with Crippen molar-refractivity contribution < 1.29 is 4.79 Å². The van der Waals surface area contributed by atoms with Gasteiger partial charge in [0.25, 0.3) is 0 Å². The number of nitrogens with zero attached hydrogens (tertiary/aromatic N) is 1. The highest BCUT2D eigenvalue weighted by molar-refractivity contribution is 6.18. The van der Waals surface area contributed by atoms with Gasteiger partial charge in [0.15, 0.2) is 5.78 Å². The smallest absolute Gasteiger partial charge is 0.194 e. The fourth-order valence-corrected chi connectivity index (χ4v) is 2.34. The summed E-state index contributed by atoms with van der Waals surface area (Å²) in [5.41, 5.74) is 3.82. The maximum atomic E-state index is 12.3. The highest BCUT2D eigenvalue weighted by atomic mass is 16.1. The molecule has 0 atom stereocenters. The molecule has 3 rings (SSSR count). The second kappa shape index (κ2) is 3.97. The molecular formula is C16H9NO. The first kappa shape index (κ1) is 10.5. The zero-order valence-electron chi connectivity index (χ0n) is 9.55. The third-order valence-corrected chi connectivity index (χ3v) is 3.13. The van der Waals surface area contributed by atoms with Crippen molar-refractivity contribution in [2.45, 2.75) is 0 Å². The molecule has 0 saturated carbocycles. The van der Waals surface area contributed by atoms with Crippen LogP contribution in [0.4, 0.5) is 0 Å². The fourth-order valence-electron chi connectivity index (χ4n) is 2.34. The number of hydrogen-bond donors (Lipinski definition) is 0. The van der Waals surface area contributed by atoms with E-state index in [9.17, 15) is 4.79 Å². The Labute approximate surface area is 105 Å². The van der Waals surface area contributed by atoms with Crippen LogP contribution in [0.1, 0.15) is 27.0 Å². The van der Waals surface area contributed by atoms with E-state index in [2.05, 4.69) is 6.07 Å². The van der Waals surface area contributed by atoms with Gasteiger partial charge < -0.3 is 0 Å². The molecule has 18 heavy (non-hydrogen) atoms. The van der Waals surface area contributed by atoms with Gasteiger partial charge in [-0.2, -0.15) is 5.26 Å². The van der Waals surface area contributed by atoms with Gasteiger partial charge in [-0.15, -0.1) is 0 Å². The molecule has 0 aromatic heterocycles. The summed E-state index contributed by atoms with van der Waals surface area (Å²) in [6, 6.07) is 16.9. The van der Waals surface area contributed by atoms with Crippen molar-refractivity contribution in [2.75, 3.05) is 0 Å². The molecule has 2 aromatic carbocycles. The number of benzene rings is 2. The number of nitriles is 1. The highest BCUT2D eigenvalue weighted by Crippen LogP contribution is 2.35. The summed E-state index contributed by atoms with van der Waals surface area (Å²) in [6.07, 6.45) is 1.50. The fraction of sp³-hybridized carbons (Fsp3) is 0. The average molecular weight is 231 g/mol. The quantitative estimate of drug-likeness (QED) is 0.557. The lowest BCUT2D eigenvalue weighted by Gasteiger charge is -2.20. The molecule has 0 saturated heterocycles. The summed E-state index contributed by atoms with van der Waals surface area (Å²) >= 11 is 0. The number of allylic oxidation sites excluding steroid dienone is 1. The minimum absolute atomic E-state index is 0.0243. The van der Waals surface area contributed by atoms with Gasteiger partial charge in [-0.1, -0.05) is 48.5 Å². The van der Waals surface area contributed by atoms with Crippen LogP contribution in [0, 0.1) is 11.3 Å². The SMILES string of the molecule is N#CC=C1c2ccccc2C(=O)c2ccccc21. The van der Waals surface area contributed by atoms with Gasteiger partial charge in [0, 0.05) is 22.8 Å². The molecule has 0 unspecified atom stereocenters. The Balaban J connectivity index is 2.38. The standard InChI is InChI=1S/C16H9NO/c17-10-9-13-11-5-1-3-7-14(11)16(18)15-8-4-2-6-12(13)15/h1-9H. The van der Waals surface area contributed by atoms with Crippen LogP contribution in [0.25, 0.3) is 5.57 Å². The third-order valence-electron chi connectivity index (χ3n) is 3.13.